The van der Waals surface area contributed by atoms with Crippen LogP contribution in [-0.4, -0.2) is 39.7 Å². The number of carboxylic acids is 1. The zero-order chi connectivity index (χ0) is 15.5. The average molecular weight is 294 g/mol. The van der Waals surface area contributed by atoms with Gasteiger partial charge >= 0.3 is 12.0 Å². The quantitative estimate of drug-likeness (QED) is 0.706. The van der Waals surface area contributed by atoms with Gasteiger partial charge in [0.25, 0.3) is 0 Å². The molecule has 1 aliphatic rings. The molecule has 0 bridgehead atoms. The van der Waals surface area contributed by atoms with Crippen molar-refractivity contribution in [3.63, 3.8) is 0 Å². The van der Waals surface area contributed by atoms with Crippen molar-refractivity contribution >= 4 is 12.0 Å². The maximum atomic E-state index is 11.7. The van der Waals surface area contributed by atoms with Gasteiger partial charge in [-0.1, -0.05) is 13.8 Å². The maximum absolute atomic E-state index is 11.7. The normalized spacial score (nSPS) is 15.8. The number of nitrogens with zero attached hydrogens (tertiary/aromatic N) is 2. The molecule has 0 atom stereocenters. The van der Waals surface area contributed by atoms with Crippen molar-refractivity contribution in [2.75, 3.05) is 13.1 Å². The summed E-state index contributed by atoms with van der Waals surface area (Å²) in [6.07, 6.45) is 5.25. The summed E-state index contributed by atoms with van der Waals surface area (Å²) in [6, 6.07) is -0.180. The summed E-state index contributed by atoms with van der Waals surface area (Å²) in [7, 11) is 0. The summed E-state index contributed by atoms with van der Waals surface area (Å²) in [6.45, 7) is 6.00. The molecule has 0 radical (unpaired) electrons. The van der Waals surface area contributed by atoms with Crippen LogP contribution in [0.5, 0.6) is 0 Å². The molecule has 0 saturated heterocycles. The molecule has 7 nitrogen and oxygen atoms in total. The SMILES string of the molecule is CC(C)C1(CNC(=O)NCCn2cnc(C(=O)O)c2)CC1. The molecule has 1 saturated carbocycles. The monoisotopic (exact) mass is 294 g/mol. The van der Waals surface area contributed by atoms with Gasteiger partial charge in [-0.2, -0.15) is 0 Å². The number of aromatic nitrogens is 2. The van der Waals surface area contributed by atoms with Crippen LogP contribution < -0.4 is 10.6 Å². The van der Waals surface area contributed by atoms with Gasteiger partial charge in [0.1, 0.15) is 0 Å². The predicted molar refractivity (Wildman–Crippen MR) is 77.1 cm³/mol. The number of carboxylic acid groups (broad SMARTS) is 1. The van der Waals surface area contributed by atoms with E-state index in [0.717, 1.165) is 0 Å². The molecule has 2 amide bonds. The van der Waals surface area contributed by atoms with Crippen molar-refractivity contribution in [2.24, 2.45) is 11.3 Å². The van der Waals surface area contributed by atoms with Gasteiger partial charge in [-0.3, -0.25) is 0 Å². The number of nitrogens with one attached hydrogen (secondary N) is 2. The number of hydrogen-bond acceptors (Lipinski definition) is 3. The molecule has 0 aliphatic heterocycles. The maximum Gasteiger partial charge on any atom is 0.356 e. The van der Waals surface area contributed by atoms with Gasteiger partial charge in [0, 0.05) is 25.8 Å². The van der Waals surface area contributed by atoms with E-state index in [1.807, 2.05) is 0 Å². The first-order chi connectivity index (χ1) is 9.93. The number of rotatable bonds is 7. The second kappa shape index (κ2) is 6.15. The van der Waals surface area contributed by atoms with Crippen LogP contribution >= 0.6 is 0 Å². The van der Waals surface area contributed by atoms with Gasteiger partial charge in [-0.15, -0.1) is 0 Å². The minimum Gasteiger partial charge on any atom is -0.476 e. The predicted octanol–water partition coefficient (Wildman–Crippen LogP) is 1.32. The van der Waals surface area contributed by atoms with Crippen molar-refractivity contribution in [3.05, 3.63) is 18.2 Å². The molecule has 1 aromatic heterocycles. The average Bonchev–Trinajstić information content (AvgIpc) is 3.08. The smallest absolute Gasteiger partial charge is 0.356 e. The lowest BCUT2D eigenvalue weighted by molar-refractivity contribution is 0.0691. The van der Waals surface area contributed by atoms with E-state index in [1.54, 1.807) is 4.57 Å². The van der Waals surface area contributed by atoms with Crippen LogP contribution in [0.4, 0.5) is 4.79 Å². The number of urea groups is 1. The van der Waals surface area contributed by atoms with Gasteiger partial charge in [-0.05, 0) is 24.2 Å². The summed E-state index contributed by atoms with van der Waals surface area (Å²) >= 11 is 0. The molecule has 1 aliphatic carbocycles. The van der Waals surface area contributed by atoms with Gasteiger partial charge in [0.05, 0.1) is 6.33 Å². The Hall–Kier alpha value is -2.05. The topological polar surface area (TPSA) is 96.3 Å². The molecule has 0 spiro atoms. The molecular formula is C14H22N4O3. The molecule has 1 aromatic rings. The molecule has 3 N–H and O–H groups in total. The Morgan fingerprint density at radius 2 is 2.14 bits per heavy atom. The Bertz CT molecular complexity index is 520. The van der Waals surface area contributed by atoms with Crippen molar-refractivity contribution in [3.8, 4) is 0 Å². The first kappa shape index (κ1) is 15.3. The fourth-order valence-corrected chi connectivity index (χ4v) is 2.33. The Morgan fingerprint density at radius 1 is 1.43 bits per heavy atom. The Kier molecular flexibility index (Phi) is 4.50. The van der Waals surface area contributed by atoms with E-state index in [9.17, 15) is 9.59 Å². The van der Waals surface area contributed by atoms with Crippen LogP contribution in [-0.2, 0) is 6.54 Å². The minimum absolute atomic E-state index is 0.00654. The van der Waals surface area contributed by atoms with Crippen LogP contribution in [0.25, 0.3) is 0 Å². The highest BCUT2D eigenvalue weighted by atomic mass is 16.4. The minimum atomic E-state index is -1.05. The third kappa shape index (κ3) is 3.96. The summed E-state index contributed by atoms with van der Waals surface area (Å²) in [5.74, 6) is -0.471. The van der Waals surface area contributed by atoms with Crippen LogP contribution in [0, 0.1) is 11.3 Å². The van der Waals surface area contributed by atoms with Gasteiger partial charge < -0.3 is 20.3 Å². The lowest BCUT2D eigenvalue weighted by Crippen LogP contribution is -2.40. The van der Waals surface area contributed by atoms with E-state index in [2.05, 4.69) is 29.5 Å². The molecular weight excluding hydrogens is 272 g/mol. The number of hydrogen-bond donors (Lipinski definition) is 3. The molecule has 0 unspecified atom stereocenters. The molecule has 21 heavy (non-hydrogen) atoms. The number of aromatic carboxylic acids is 1. The van der Waals surface area contributed by atoms with Crippen LogP contribution in [0.1, 0.15) is 37.2 Å². The summed E-state index contributed by atoms with van der Waals surface area (Å²) < 4.78 is 1.64. The van der Waals surface area contributed by atoms with Crippen molar-refractivity contribution in [1.29, 1.82) is 0 Å². The van der Waals surface area contributed by atoms with Crippen molar-refractivity contribution in [1.82, 2.24) is 20.2 Å². The van der Waals surface area contributed by atoms with Gasteiger partial charge in [0.2, 0.25) is 0 Å². The standard InChI is InChI=1S/C14H22N4O3/c1-10(2)14(3-4-14)8-16-13(21)15-5-6-18-7-11(12(19)20)17-9-18/h7,9-10H,3-6,8H2,1-2H3,(H,19,20)(H2,15,16,21). The number of imidazole rings is 1. The lowest BCUT2D eigenvalue weighted by Gasteiger charge is -2.20. The Labute approximate surface area is 123 Å². The van der Waals surface area contributed by atoms with E-state index in [4.69, 9.17) is 5.11 Å². The van der Waals surface area contributed by atoms with E-state index >= 15 is 0 Å². The first-order valence-electron chi connectivity index (χ1n) is 7.20. The van der Waals surface area contributed by atoms with Crippen molar-refractivity contribution < 1.29 is 14.7 Å². The van der Waals surface area contributed by atoms with Gasteiger partial charge in [-0.25, -0.2) is 14.6 Å². The summed E-state index contributed by atoms with van der Waals surface area (Å²) in [5, 5.41) is 14.4. The highest BCUT2D eigenvalue weighted by Crippen LogP contribution is 2.51. The largest absolute Gasteiger partial charge is 0.476 e. The highest BCUT2D eigenvalue weighted by molar-refractivity contribution is 5.84. The van der Waals surface area contributed by atoms with Crippen LogP contribution in [0.2, 0.25) is 0 Å². The zero-order valence-electron chi connectivity index (χ0n) is 12.4. The third-order valence-corrected chi connectivity index (χ3v) is 4.23. The van der Waals surface area contributed by atoms with Crippen molar-refractivity contribution in [2.45, 2.75) is 33.2 Å². The zero-order valence-corrected chi connectivity index (χ0v) is 12.4. The molecule has 2 rings (SSSR count). The van der Waals surface area contributed by atoms with E-state index in [-0.39, 0.29) is 17.1 Å². The summed E-state index contributed by atoms with van der Waals surface area (Å²) in [4.78, 5) is 26.1. The number of carbonyl (C=O) groups is 2. The fraction of sp³-hybridized carbons (Fsp3) is 0.643. The Morgan fingerprint density at radius 3 is 2.67 bits per heavy atom. The second-order valence-corrected chi connectivity index (χ2v) is 5.93. The summed E-state index contributed by atoms with van der Waals surface area (Å²) in [5.41, 5.74) is 0.296. The molecule has 0 aromatic carbocycles. The second-order valence-electron chi connectivity index (χ2n) is 5.93. The van der Waals surface area contributed by atoms with Crippen LogP contribution in [0.3, 0.4) is 0 Å². The molecule has 1 heterocycles. The van der Waals surface area contributed by atoms with E-state index in [1.165, 1.54) is 25.4 Å². The number of carbonyl (C=O) groups excluding carboxylic acids is 1. The third-order valence-electron chi connectivity index (χ3n) is 4.23. The Balaban J connectivity index is 1.66. The van der Waals surface area contributed by atoms with E-state index < -0.39 is 5.97 Å². The van der Waals surface area contributed by atoms with E-state index in [0.29, 0.717) is 25.6 Å². The van der Waals surface area contributed by atoms with Crippen LogP contribution in [0.15, 0.2) is 12.5 Å². The molecule has 1 fully saturated rings. The lowest BCUT2D eigenvalue weighted by atomic mass is 9.92. The highest BCUT2D eigenvalue weighted by Gasteiger charge is 2.45. The number of amides is 2. The molecule has 116 valence electrons. The first-order valence-corrected chi connectivity index (χ1v) is 7.20. The molecule has 7 heteroatoms. The fourth-order valence-electron chi connectivity index (χ4n) is 2.33. The van der Waals surface area contributed by atoms with Gasteiger partial charge in [0.15, 0.2) is 5.69 Å².